The van der Waals surface area contributed by atoms with Crippen molar-refractivity contribution in [3.63, 3.8) is 0 Å². The second-order valence-electron chi connectivity index (χ2n) is 5.34. The van der Waals surface area contributed by atoms with E-state index in [-0.39, 0.29) is 0 Å². The number of allylic oxidation sites excluding steroid dienone is 2. The van der Waals surface area contributed by atoms with E-state index in [2.05, 4.69) is 53.4 Å². The molecule has 92 valence electrons. The summed E-state index contributed by atoms with van der Waals surface area (Å²) in [5.74, 6) is 1.08. The van der Waals surface area contributed by atoms with Crippen molar-refractivity contribution in [2.24, 2.45) is 0 Å². The highest BCUT2D eigenvalue weighted by Crippen LogP contribution is 2.31. The zero-order valence-corrected chi connectivity index (χ0v) is 11.7. The van der Waals surface area contributed by atoms with Crippen LogP contribution in [0.15, 0.2) is 22.6 Å². The summed E-state index contributed by atoms with van der Waals surface area (Å²) in [6.45, 7) is 16.1. The maximum atomic E-state index is 5.89. The number of hydrogen-bond donors (Lipinski definition) is 0. The van der Waals surface area contributed by atoms with Crippen molar-refractivity contribution in [3.8, 4) is 0 Å². The van der Waals surface area contributed by atoms with Gasteiger partial charge in [-0.25, -0.2) is 0 Å². The Morgan fingerprint density at radius 2 is 1.75 bits per heavy atom. The normalized spacial score (nSPS) is 21.2. The van der Waals surface area contributed by atoms with Crippen LogP contribution in [-0.2, 0) is 4.74 Å². The molecule has 2 nitrogen and oxygen atoms in total. The third kappa shape index (κ3) is 2.42. The first-order valence-corrected chi connectivity index (χ1v) is 6.12. The van der Waals surface area contributed by atoms with Crippen molar-refractivity contribution in [1.29, 1.82) is 0 Å². The Labute approximate surface area is 100.0 Å². The van der Waals surface area contributed by atoms with Crippen LogP contribution in [0.2, 0.25) is 0 Å². The molecule has 0 aromatic carbocycles. The first-order valence-electron chi connectivity index (χ1n) is 6.12. The second-order valence-corrected chi connectivity index (χ2v) is 5.34. The van der Waals surface area contributed by atoms with Gasteiger partial charge in [-0.1, -0.05) is 0 Å². The van der Waals surface area contributed by atoms with Crippen LogP contribution in [0, 0.1) is 0 Å². The van der Waals surface area contributed by atoms with E-state index >= 15 is 0 Å². The van der Waals surface area contributed by atoms with Gasteiger partial charge in [-0.05, 0) is 59.6 Å². The maximum absolute atomic E-state index is 5.89. The largest absolute Gasteiger partial charge is 0.489 e. The van der Waals surface area contributed by atoms with E-state index in [1.165, 1.54) is 16.8 Å². The van der Waals surface area contributed by atoms with Crippen molar-refractivity contribution in [2.75, 3.05) is 6.61 Å². The average Bonchev–Trinajstić information content (AvgIpc) is 2.15. The predicted octanol–water partition coefficient (Wildman–Crippen LogP) is 3.70. The summed E-state index contributed by atoms with van der Waals surface area (Å²) >= 11 is 0. The van der Waals surface area contributed by atoms with Crippen molar-refractivity contribution < 1.29 is 4.74 Å². The van der Waals surface area contributed by atoms with Crippen molar-refractivity contribution in [2.45, 2.75) is 60.5 Å². The highest BCUT2D eigenvalue weighted by molar-refractivity contribution is 5.34. The first-order chi connectivity index (χ1) is 7.36. The fourth-order valence-corrected chi connectivity index (χ4v) is 2.32. The van der Waals surface area contributed by atoms with Crippen LogP contribution >= 0.6 is 0 Å². The molecular formula is C14H25NO. The molecule has 1 rings (SSSR count). The van der Waals surface area contributed by atoms with E-state index < -0.39 is 0 Å². The van der Waals surface area contributed by atoms with Gasteiger partial charge < -0.3 is 9.64 Å². The molecule has 1 aliphatic rings. The summed E-state index contributed by atoms with van der Waals surface area (Å²) in [4.78, 5) is 2.47. The lowest BCUT2D eigenvalue weighted by molar-refractivity contribution is 0.0612. The van der Waals surface area contributed by atoms with Gasteiger partial charge in [0.05, 0.1) is 11.7 Å². The lowest BCUT2D eigenvalue weighted by atomic mass is 10.0. The van der Waals surface area contributed by atoms with E-state index in [4.69, 9.17) is 4.74 Å². The molecule has 0 aliphatic carbocycles. The molecule has 1 saturated heterocycles. The van der Waals surface area contributed by atoms with Crippen LogP contribution in [0.1, 0.15) is 48.5 Å². The second kappa shape index (κ2) is 4.94. The molecule has 0 radical (unpaired) electrons. The summed E-state index contributed by atoms with van der Waals surface area (Å²) in [5.41, 5.74) is 3.87. The van der Waals surface area contributed by atoms with E-state index in [9.17, 15) is 0 Å². The van der Waals surface area contributed by atoms with Gasteiger partial charge in [0.2, 0.25) is 0 Å². The first kappa shape index (κ1) is 13.1. The van der Waals surface area contributed by atoms with Crippen LogP contribution in [0.3, 0.4) is 0 Å². The Kier molecular flexibility index (Phi) is 4.06. The molecule has 0 bridgehead atoms. The fourth-order valence-electron chi connectivity index (χ4n) is 2.32. The molecule has 0 aromatic heterocycles. The van der Waals surface area contributed by atoms with Gasteiger partial charge in [0.15, 0.2) is 0 Å². The Balaban J connectivity index is 3.25. The zero-order chi connectivity index (χ0) is 12.5. The molecular weight excluding hydrogens is 198 g/mol. The topological polar surface area (TPSA) is 12.5 Å². The third-order valence-corrected chi connectivity index (χ3v) is 2.90. The standard InChI is InChI=1S/C14H25NO/c1-9(2)13-14(10(3)4)16-8-12(7)15(13)11(5)6/h11-12H,8H2,1-7H3/t12-/m0/s1. The van der Waals surface area contributed by atoms with Crippen LogP contribution < -0.4 is 0 Å². The van der Waals surface area contributed by atoms with Crippen molar-refractivity contribution in [1.82, 2.24) is 4.90 Å². The molecule has 1 atom stereocenters. The SMILES string of the molecule is CC(C)=C1OC[C@H](C)N(C(C)C)C1=C(C)C. The van der Waals surface area contributed by atoms with Crippen molar-refractivity contribution in [3.05, 3.63) is 22.6 Å². The molecule has 2 heteroatoms. The number of ether oxygens (including phenoxy) is 1. The van der Waals surface area contributed by atoms with Gasteiger partial charge in [-0.3, -0.25) is 0 Å². The molecule has 1 aliphatic heterocycles. The van der Waals surface area contributed by atoms with Gasteiger partial charge in [-0.15, -0.1) is 0 Å². The molecule has 0 unspecified atom stereocenters. The molecule has 1 fully saturated rings. The monoisotopic (exact) mass is 223 g/mol. The van der Waals surface area contributed by atoms with E-state index in [1.54, 1.807) is 0 Å². The van der Waals surface area contributed by atoms with Gasteiger partial charge >= 0.3 is 0 Å². The highest BCUT2D eigenvalue weighted by atomic mass is 16.5. The Bertz CT molecular complexity index is 318. The number of nitrogens with zero attached hydrogens (tertiary/aromatic N) is 1. The van der Waals surface area contributed by atoms with Crippen LogP contribution in [0.5, 0.6) is 0 Å². The molecule has 0 aromatic rings. The summed E-state index contributed by atoms with van der Waals surface area (Å²) in [5, 5.41) is 0. The Morgan fingerprint density at radius 1 is 1.19 bits per heavy atom. The lowest BCUT2D eigenvalue weighted by Crippen LogP contribution is -2.45. The van der Waals surface area contributed by atoms with Gasteiger partial charge in [0.25, 0.3) is 0 Å². The summed E-state index contributed by atoms with van der Waals surface area (Å²) in [6, 6.07) is 0.964. The van der Waals surface area contributed by atoms with Crippen molar-refractivity contribution >= 4 is 0 Å². The number of hydrogen-bond acceptors (Lipinski definition) is 2. The molecule has 0 amide bonds. The number of rotatable bonds is 1. The minimum absolute atomic E-state index is 0.452. The third-order valence-electron chi connectivity index (χ3n) is 2.90. The van der Waals surface area contributed by atoms with E-state index in [0.717, 1.165) is 12.4 Å². The Morgan fingerprint density at radius 3 is 2.12 bits per heavy atom. The zero-order valence-electron chi connectivity index (χ0n) is 11.7. The average molecular weight is 223 g/mol. The smallest absolute Gasteiger partial charge is 0.141 e. The summed E-state index contributed by atoms with van der Waals surface area (Å²) in [7, 11) is 0. The quantitative estimate of drug-likeness (QED) is 0.672. The minimum Gasteiger partial charge on any atom is -0.489 e. The summed E-state index contributed by atoms with van der Waals surface area (Å²) < 4.78 is 5.89. The Hall–Kier alpha value is -0.920. The van der Waals surface area contributed by atoms with E-state index in [0.29, 0.717) is 12.1 Å². The van der Waals surface area contributed by atoms with Gasteiger partial charge in [0.1, 0.15) is 12.4 Å². The van der Waals surface area contributed by atoms with E-state index in [1.807, 2.05) is 0 Å². The molecule has 1 heterocycles. The van der Waals surface area contributed by atoms with Gasteiger partial charge in [0, 0.05) is 6.04 Å². The molecule has 0 N–H and O–H groups in total. The summed E-state index contributed by atoms with van der Waals surface area (Å²) in [6.07, 6.45) is 0. The van der Waals surface area contributed by atoms with Crippen LogP contribution in [0.4, 0.5) is 0 Å². The minimum atomic E-state index is 0.452. The predicted molar refractivity (Wildman–Crippen MR) is 69.1 cm³/mol. The number of morpholine rings is 1. The van der Waals surface area contributed by atoms with Crippen LogP contribution in [-0.4, -0.2) is 23.6 Å². The van der Waals surface area contributed by atoms with Crippen LogP contribution in [0.25, 0.3) is 0 Å². The molecule has 16 heavy (non-hydrogen) atoms. The molecule has 0 spiro atoms. The highest BCUT2D eigenvalue weighted by Gasteiger charge is 2.30. The van der Waals surface area contributed by atoms with Gasteiger partial charge in [-0.2, -0.15) is 0 Å². The fraction of sp³-hybridized carbons (Fsp3) is 0.714. The lowest BCUT2D eigenvalue weighted by Gasteiger charge is -2.43. The molecule has 0 saturated carbocycles. The maximum Gasteiger partial charge on any atom is 0.141 e.